The van der Waals surface area contributed by atoms with Gasteiger partial charge in [0.25, 0.3) is 0 Å². The van der Waals surface area contributed by atoms with Crippen LogP contribution in [-0.2, 0) is 29.3 Å². The Hall–Kier alpha value is 1.79. The first-order valence-corrected chi connectivity index (χ1v) is 12.2. The molecule has 0 saturated heterocycles. The van der Waals surface area contributed by atoms with Crippen LogP contribution in [0.15, 0.2) is 0 Å². The van der Waals surface area contributed by atoms with Gasteiger partial charge in [0.15, 0.2) is 0 Å². The molecule has 0 fully saturated rings. The topological polar surface area (TPSA) is 198 Å². The fourth-order valence-electron chi connectivity index (χ4n) is 3.28. The van der Waals surface area contributed by atoms with Crippen molar-refractivity contribution in [2.24, 2.45) is 0 Å². The summed E-state index contributed by atoms with van der Waals surface area (Å²) in [7, 11) is -5.46. The van der Waals surface area contributed by atoms with E-state index in [2.05, 4.69) is 6.92 Å². The van der Waals surface area contributed by atoms with Gasteiger partial charge in [0.05, 0.1) is 23.2 Å². The summed E-state index contributed by atoms with van der Waals surface area (Å²) < 4.78 is 33.2. The van der Waals surface area contributed by atoms with Crippen molar-refractivity contribution in [1.82, 2.24) is 4.90 Å². The van der Waals surface area contributed by atoms with Gasteiger partial charge in [0.1, 0.15) is 10.1 Å². The molecule has 36 heavy (non-hydrogen) atoms. The third-order valence-electron chi connectivity index (χ3n) is 5.05. The monoisotopic (exact) mass is 569 g/mol. The largest absolute Gasteiger partial charge is 1.00 e. The van der Waals surface area contributed by atoms with Crippen LogP contribution in [0.4, 0.5) is 0 Å². The summed E-state index contributed by atoms with van der Waals surface area (Å²) in [5.41, 5.74) is 0. The summed E-state index contributed by atoms with van der Waals surface area (Å²) >= 11 is 0. The molecule has 16 heteroatoms. The summed E-state index contributed by atoms with van der Waals surface area (Å²) in [6.45, 7) is 1.85. The molecule has 0 spiro atoms. The van der Waals surface area contributed by atoms with Crippen molar-refractivity contribution in [2.75, 3.05) is 6.54 Å². The Balaban J connectivity index is -0.000000801. The van der Waals surface area contributed by atoms with Gasteiger partial charge >= 0.3 is 118 Å². The van der Waals surface area contributed by atoms with E-state index in [1.807, 2.05) is 0 Å². The second-order valence-electron chi connectivity index (χ2n) is 7.68. The van der Waals surface area contributed by atoms with Crippen LogP contribution >= 0.6 is 0 Å². The van der Waals surface area contributed by atoms with Crippen LogP contribution in [0.2, 0.25) is 0 Å². The molecule has 11 nitrogen and oxygen atoms in total. The fourth-order valence-corrected chi connectivity index (χ4v) is 3.86. The van der Waals surface area contributed by atoms with Crippen LogP contribution in [-0.4, -0.2) is 59.5 Å². The Labute approximate surface area is 302 Å². The first kappa shape index (κ1) is 47.6. The number of aliphatic carboxylic acids is 3. The molecule has 0 bridgehead atoms. The molecule has 0 aromatic heterocycles. The van der Waals surface area contributed by atoms with Crippen molar-refractivity contribution in [1.29, 1.82) is 0 Å². The van der Waals surface area contributed by atoms with Crippen molar-refractivity contribution in [3.05, 3.63) is 0 Å². The van der Waals surface area contributed by atoms with Gasteiger partial charge in [0.2, 0.25) is 5.91 Å². The molecular formula is C20H31NNa4O10S. The summed E-state index contributed by atoms with van der Waals surface area (Å²) in [4.78, 5) is 46.2. The number of nitrogens with zero attached hydrogens (tertiary/aromatic N) is 1. The molecule has 0 aromatic carbocycles. The maximum atomic E-state index is 12.5. The molecule has 0 aliphatic carbocycles. The van der Waals surface area contributed by atoms with Gasteiger partial charge in [0, 0.05) is 25.4 Å². The van der Waals surface area contributed by atoms with E-state index in [9.17, 15) is 47.5 Å². The Morgan fingerprint density at radius 2 is 1.11 bits per heavy atom. The van der Waals surface area contributed by atoms with Gasteiger partial charge in [-0.1, -0.05) is 64.7 Å². The van der Waals surface area contributed by atoms with Gasteiger partial charge in [-0.25, -0.2) is 8.42 Å². The molecule has 2 unspecified atom stereocenters. The van der Waals surface area contributed by atoms with E-state index in [1.54, 1.807) is 0 Å². The number of hydrogen-bond donors (Lipinski definition) is 0. The van der Waals surface area contributed by atoms with E-state index in [0.717, 1.165) is 38.5 Å². The van der Waals surface area contributed by atoms with E-state index in [4.69, 9.17) is 0 Å². The average molecular weight is 569 g/mol. The van der Waals surface area contributed by atoms with Gasteiger partial charge in [-0.2, -0.15) is 0 Å². The van der Waals surface area contributed by atoms with Crippen LogP contribution in [0, 0.1) is 0 Å². The van der Waals surface area contributed by atoms with E-state index < -0.39 is 58.1 Å². The molecule has 0 N–H and O–H groups in total. The Morgan fingerprint density at radius 3 is 1.44 bits per heavy atom. The van der Waals surface area contributed by atoms with Crippen molar-refractivity contribution in [2.45, 2.75) is 95.3 Å². The number of carbonyl (C=O) groups excluding carboxylic acids is 4. The zero-order valence-corrected chi connectivity index (χ0v) is 31.1. The minimum atomic E-state index is -5.46. The molecule has 0 radical (unpaired) electrons. The number of carboxylic acids is 3. The van der Waals surface area contributed by atoms with Crippen LogP contribution in [0.5, 0.6) is 0 Å². The maximum Gasteiger partial charge on any atom is 1.00 e. The quantitative estimate of drug-likeness (QED) is 0.0818. The number of amides is 1. The molecule has 0 aromatic rings. The van der Waals surface area contributed by atoms with E-state index in [-0.39, 0.29) is 131 Å². The standard InChI is InChI=1S/C20H35NO10S.4Na/c1-2-3-4-5-6-7-8-9-10-11-12-21(15(19(25)26)13-18(23)24)17(22)14-16(20(27)28)32(29,30)31;;;;/h15-16H,2-14H2,1H3,(H,23,24)(H,25,26)(H,27,28)(H,29,30,31);;;;/q;4*+1/p-4. The van der Waals surface area contributed by atoms with Gasteiger partial charge in [-0.15, -0.1) is 0 Å². The first-order chi connectivity index (χ1) is 14.9. The van der Waals surface area contributed by atoms with Crippen molar-refractivity contribution in [3.63, 3.8) is 0 Å². The van der Waals surface area contributed by atoms with Crippen molar-refractivity contribution >= 4 is 33.9 Å². The molecule has 1 amide bonds. The van der Waals surface area contributed by atoms with Gasteiger partial charge in [-0.05, 0) is 6.42 Å². The minimum absolute atomic E-state index is 0. The Morgan fingerprint density at radius 1 is 0.694 bits per heavy atom. The number of unbranched alkanes of at least 4 members (excludes halogenated alkanes) is 9. The van der Waals surface area contributed by atoms with Crippen molar-refractivity contribution in [3.8, 4) is 0 Å². The molecule has 0 saturated carbocycles. The summed E-state index contributed by atoms with van der Waals surface area (Å²) in [6.07, 6.45) is 6.84. The first-order valence-electron chi connectivity index (χ1n) is 10.8. The smallest absolute Gasteiger partial charge is 0.747 e. The number of rotatable bonds is 19. The number of hydrogen-bond acceptors (Lipinski definition) is 10. The van der Waals surface area contributed by atoms with E-state index >= 15 is 0 Å². The van der Waals surface area contributed by atoms with E-state index in [0.29, 0.717) is 11.3 Å². The molecule has 186 valence electrons. The Kier molecular flexibility index (Phi) is 35.7. The van der Waals surface area contributed by atoms with Crippen LogP contribution < -0.4 is 134 Å². The summed E-state index contributed by atoms with van der Waals surface area (Å²) in [5, 5.41) is 30.5. The third-order valence-corrected chi connectivity index (χ3v) is 6.11. The van der Waals surface area contributed by atoms with E-state index in [1.165, 1.54) is 12.8 Å². The SMILES string of the molecule is CCCCCCCCCCCCN(C(=O)CC(C(=O)[O-])S(=O)(=O)[O-])C(CC(=O)[O-])C(=O)[O-].[Na+].[Na+].[Na+].[Na+]. The zero-order chi connectivity index (χ0) is 24.7. The predicted octanol–water partition coefficient (Wildman–Crippen LogP) is -13.9. The molecule has 0 heterocycles. The normalized spacial score (nSPS) is 11.8. The molecule has 0 aliphatic heterocycles. The van der Waals surface area contributed by atoms with Crippen LogP contribution in [0.3, 0.4) is 0 Å². The maximum absolute atomic E-state index is 12.5. The van der Waals surface area contributed by atoms with Crippen LogP contribution in [0.25, 0.3) is 0 Å². The Bertz CT molecular complexity index is 740. The zero-order valence-electron chi connectivity index (χ0n) is 22.3. The third kappa shape index (κ3) is 22.6. The minimum Gasteiger partial charge on any atom is -0.747 e. The predicted molar refractivity (Wildman–Crippen MR) is 105 cm³/mol. The summed E-state index contributed by atoms with van der Waals surface area (Å²) in [5.74, 6) is -7.35. The molecular weight excluding hydrogens is 538 g/mol. The van der Waals surface area contributed by atoms with Gasteiger partial charge in [-0.3, -0.25) is 4.79 Å². The molecule has 0 aliphatic rings. The van der Waals surface area contributed by atoms with Crippen molar-refractivity contribution < 1.29 is 166 Å². The average Bonchev–Trinajstić information content (AvgIpc) is 2.67. The number of carboxylic acid groups (broad SMARTS) is 3. The second kappa shape index (κ2) is 27.0. The fraction of sp³-hybridized carbons (Fsp3) is 0.800. The van der Waals surface area contributed by atoms with Gasteiger partial charge < -0.3 is 39.2 Å². The summed E-state index contributed by atoms with van der Waals surface area (Å²) in [6, 6.07) is -2.00. The van der Waals surface area contributed by atoms with Crippen LogP contribution in [0.1, 0.15) is 84.0 Å². The number of carbonyl (C=O) groups is 4. The molecule has 2 atom stereocenters. The second-order valence-corrected chi connectivity index (χ2v) is 9.24. The molecule has 0 rings (SSSR count).